The van der Waals surface area contributed by atoms with Gasteiger partial charge < -0.3 is 8.83 Å². The molecule has 3 heterocycles. The van der Waals surface area contributed by atoms with Crippen molar-refractivity contribution < 1.29 is 8.83 Å². The third-order valence-electron chi connectivity index (χ3n) is 12.6. The Kier molecular flexibility index (Phi) is 8.15. The summed E-state index contributed by atoms with van der Waals surface area (Å²) in [6.45, 7) is 0. The Bertz CT molecular complexity index is 3960. The second-order valence-electron chi connectivity index (χ2n) is 16.3. The molecule has 0 radical (unpaired) electrons. The molecular formula is C59H35N3O2. The van der Waals surface area contributed by atoms with E-state index in [-0.39, 0.29) is 0 Å². The van der Waals surface area contributed by atoms with Gasteiger partial charge in [0.2, 0.25) is 0 Å². The summed E-state index contributed by atoms with van der Waals surface area (Å²) < 4.78 is 12.7. The number of fused-ring (bicyclic) bond motifs is 8. The van der Waals surface area contributed by atoms with Crippen LogP contribution in [-0.4, -0.2) is 15.0 Å². The van der Waals surface area contributed by atoms with Crippen LogP contribution in [0.25, 0.3) is 133 Å². The minimum atomic E-state index is 0.591. The number of aromatic nitrogens is 3. The Morgan fingerprint density at radius 2 is 0.750 bits per heavy atom. The van der Waals surface area contributed by atoms with Gasteiger partial charge in [0.05, 0.1) is 0 Å². The van der Waals surface area contributed by atoms with E-state index < -0.39 is 0 Å². The van der Waals surface area contributed by atoms with Gasteiger partial charge in [0.1, 0.15) is 22.3 Å². The summed E-state index contributed by atoms with van der Waals surface area (Å²) in [5, 5.41) is 8.66. The van der Waals surface area contributed by atoms with E-state index in [1.165, 1.54) is 11.1 Å². The summed E-state index contributed by atoms with van der Waals surface area (Å²) in [7, 11) is 0. The van der Waals surface area contributed by atoms with Crippen LogP contribution in [0.5, 0.6) is 0 Å². The summed E-state index contributed by atoms with van der Waals surface area (Å²) in [6, 6.07) is 74.1. The number of hydrogen-bond donors (Lipinski definition) is 0. The largest absolute Gasteiger partial charge is 0.456 e. The molecule has 0 saturated heterocycles. The van der Waals surface area contributed by atoms with Crippen LogP contribution in [0, 0.1) is 0 Å². The average molecular weight is 818 g/mol. The van der Waals surface area contributed by atoms with E-state index in [0.717, 1.165) is 104 Å². The Hall–Kier alpha value is -8.67. The summed E-state index contributed by atoms with van der Waals surface area (Å²) in [4.78, 5) is 15.7. The maximum Gasteiger partial charge on any atom is 0.164 e. The Morgan fingerprint density at radius 3 is 1.58 bits per heavy atom. The van der Waals surface area contributed by atoms with Crippen molar-refractivity contribution in [1.82, 2.24) is 15.0 Å². The highest BCUT2D eigenvalue weighted by atomic mass is 16.3. The van der Waals surface area contributed by atoms with E-state index in [2.05, 4.69) is 176 Å². The maximum absolute atomic E-state index is 6.54. The maximum atomic E-state index is 6.54. The van der Waals surface area contributed by atoms with Crippen LogP contribution in [0.1, 0.15) is 0 Å². The zero-order valence-electron chi connectivity index (χ0n) is 34.4. The van der Waals surface area contributed by atoms with Gasteiger partial charge in [-0.25, -0.2) is 15.0 Å². The fourth-order valence-electron chi connectivity index (χ4n) is 9.40. The summed E-state index contributed by atoms with van der Waals surface area (Å²) in [5.74, 6) is 1.80. The molecule has 0 aliphatic carbocycles. The zero-order valence-corrected chi connectivity index (χ0v) is 34.4. The van der Waals surface area contributed by atoms with Gasteiger partial charge in [-0.1, -0.05) is 164 Å². The second-order valence-corrected chi connectivity index (χ2v) is 16.3. The molecule has 13 aromatic rings. The first kappa shape index (κ1) is 36.0. The van der Waals surface area contributed by atoms with E-state index >= 15 is 0 Å². The minimum absolute atomic E-state index is 0.591. The predicted octanol–water partition coefficient (Wildman–Crippen LogP) is 16.0. The molecule has 0 spiro atoms. The Balaban J connectivity index is 0.967. The molecule has 0 unspecified atom stereocenters. The standard InChI is InChI=1S/C59H35N3O2/c1-2-11-36(12-3-1)38-23-25-39(26-24-38)41-29-31-54-51(34-41)56-48(19-10-22-55(56)64-54)45-17-8-18-46-44(45)16-9-20-49(46)59-61-57(42-28-27-37-13-4-5-14-40(37)33-42)60-58(62-59)43-30-32-53-50(35-43)47-15-6-7-21-52(47)63-53/h1-35H. The lowest BCUT2D eigenvalue weighted by molar-refractivity contribution is 0.668. The van der Waals surface area contributed by atoms with Gasteiger partial charge in [-0.2, -0.15) is 0 Å². The highest BCUT2D eigenvalue weighted by Crippen LogP contribution is 2.42. The van der Waals surface area contributed by atoms with Gasteiger partial charge in [0, 0.05) is 38.2 Å². The predicted molar refractivity (Wildman–Crippen MR) is 262 cm³/mol. The normalized spacial score (nSPS) is 11.8. The number of nitrogens with zero attached hydrogens (tertiary/aromatic N) is 3. The van der Waals surface area contributed by atoms with E-state index in [0.29, 0.717) is 17.5 Å². The van der Waals surface area contributed by atoms with Crippen molar-refractivity contribution in [3.05, 3.63) is 212 Å². The fourth-order valence-corrected chi connectivity index (χ4v) is 9.40. The molecule has 0 bridgehead atoms. The Labute approximate surface area is 367 Å². The SMILES string of the molecule is c1ccc(-c2ccc(-c3ccc4oc5cccc(-c6cccc7c(-c8nc(-c9ccc%10ccccc%10c9)nc(-c9ccc%10oc%11ccccc%11c%10c9)n8)cccc67)c5c4c3)cc2)cc1. The van der Waals surface area contributed by atoms with Gasteiger partial charge in [0.15, 0.2) is 17.5 Å². The second kappa shape index (κ2) is 14.5. The number of rotatable bonds is 6. The molecule has 0 amide bonds. The minimum Gasteiger partial charge on any atom is -0.456 e. The molecule has 5 heteroatoms. The van der Waals surface area contributed by atoms with Gasteiger partial charge >= 0.3 is 0 Å². The van der Waals surface area contributed by atoms with Gasteiger partial charge in [-0.05, 0) is 103 Å². The smallest absolute Gasteiger partial charge is 0.164 e. The molecule has 0 aliphatic rings. The number of hydrogen-bond acceptors (Lipinski definition) is 5. The average Bonchev–Trinajstić information content (AvgIpc) is 3.94. The van der Waals surface area contributed by atoms with Crippen molar-refractivity contribution >= 4 is 65.4 Å². The first-order valence-electron chi connectivity index (χ1n) is 21.5. The lowest BCUT2D eigenvalue weighted by Gasteiger charge is -2.13. The molecule has 298 valence electrons. The first-order chi connectivity index (χ1) is 31.7. The third-order valence-corrected chi connectivity index (χ3v) is 12.6. The van der Waals surface area contributed by atoms with Gasteiger partial charge in [-0.15, -0.1) is 0 Å². The molecule has 3 aromatic heterocycles. The van der Waals surface area contributed by atoms with E-state index in [1.807, 2.05) is 36.4 Å². The third kappa shape index (κ3) is 5.98. The van der Waals surface area contributed by atoms with E-state index in [4.69, 9.17) is 23.8 Å². The van der Waals surface area contributed by atoms with Crippen LogP contribution < -0.4 is 0 Å². The van der Waals surface area contributed by atoms with Crippen LogP contribution in [0.3, 0.4) is 0 Å². The molecule has 0 atom stereocenters. The Morgan fingerprint density at radius 1 is 0.250 bits per heavy atom. The monoisotopic (exact) mass is 817 g/mol. The van der Waals surface area contributed by atoms with Crippen molar-refractivity contribution in [2.24, 2.45) is 0 Å². The van der Waals surface area contributed by atoms with Crippen molar-refractivity contribution in [1.29, 1.82) is 0 Å². The van der Waals surface area contributed by atoms with Gasteiger partial charge in [-0.3, -0.25) is 0 Å². The highest BCUT2D eigenvalue weighted by molar-refractivity contribution is 6.17. The molecule has 0 saturated carbocycles. The molecule has 0 aliphatic heterocycles. The summed E-state index contributed by atoms with van der Waals surface area (Å²) in [6.07, 6.45) is 0. The molecule has 13 rings (SSSR count). The lowest BCUT2D eigenvalue weighted by Crippen LogP contribution is -2.00. The molecule has 5 nitrogen and oxygen atoms in total. The van der Waals surface area contributed by atoms with Crippen molar-refractivity contribution in [3.8, 4) is 67.5 Å². The first-order valence-corrected chi connectivity index (χ1v) is 21.5. The molecule has 10 aromatic carbocycles. The topological polar surface area (TPSA) is 65.0 Å². The van der Waals surface area contributed by atoms with Crippen LogP contribution in [0.15, 0.2) is 221 Å². The molecular weight excluding hydrogens is 783 g/mol. The van der Waals surface area contributed by atoms with Crippen LogP contribution in [0.4, 0.5) is 0 Å². The molecule has 64 heavy (non-hydrogen) atoms. The fraction of sp³-hybridized carbons (Fsp3) is 0. The molecule has 0 N–H and O–H groups in total. The van der Waals surface area contributed by atoms with Crippen molar-refractivity contribution in [3.63, 3.8) is 0 Å². The summed E-state index contributed by atoms with van der Waals surface area (Å²) >= 11 is 0. The van der Waals surface area contributed by atoms with Crippen LogP contribution in [-0.2, 0) is 0 Å². The highest BCUT2D eigenvalue weighted by Gasteiger charge is 2.19. The van der Waals surface area contributed by atoms with Gasteiger partial charge in [0.25, 0.3) is 0 Å². The van der Waals surface area contributed by atoms with Crippen LogP contribution in [0.2, 0.25) is 0 Å². The number of para-hydroxylation sites is 1. The summed E-state index contributed by atoms with van der Waals surface area (Å²) in [5.41, 5.74) is 13.0. The lowest BCUT2D eigenvalue weighted by atomic mass is 9.92. The van der Waals surface area contributed by atoms with Crippen molar-refractivity contribution in [2.75, 3.05) is 0 Å². The number of furan rings is 2. The van der Waals surface area contributed by atoms with Crippen molar-refractivity contribution in [2.45, 2.75) is 0 Å². The van der Waals surface area contributed by atoms with E-state index in [9.17, 15) is 0 Å². The quantitative estimate of drug-likeness (QED) is 0.167. The number of benzene rings is 10. The zero-order chi connectivity index (χ0) is 42.1. The molecule has 0 fully saturated rings. The van der Waals surface area contributed by atoms with E-state index in [1.54, 1.807) is 0 Å². The van der Waals surface area contributed by atoms with Crippen LogP contribution >= 0.6 is 0 Å².